The molecule has 7 heteroatoms. The van der Waals surface area contributed by atoms with E-state index in [-0.39, 0.29) is 6.01 Å². The molecule has 1 aromatic heterocycles. The Bertz CT molecular complexity index is 386. The smallest absolute Gasteiger partial charge is 0.316 e. The van der Waals surface area contributed by atoms with Crippen molar-refractivity contribution in [2.45, 2.75) is 45.8 Å². The minimum Gasteiger partial charge on any atom is -0.407 e. The first-order valence-electron chi connectivity index (χ1n) is 5.45. The van der Waals surface area contributed by atoms with E-state index in [4.69, 9.17) is 10.2 Å². The molecule has 0 fully saturated rings. The molecule has 0 saturated carbocycles. The Hall–Kier alpha value is -1.63. The van der Waals surface area contributed by atoms with Gasteiger partial charge in [-0.05, 0) is 13.8 Å². The highest BCUT2D eigenvalue weighted by atomic mass is 16.4. The van der Waals surface area contributed by atoms with E-state index in [1.807, 2.05) is 13.8 Å². The third kappa shape index (κ3) is 4.03. The first kappa shape index (κ1) is 13.4. The molecule has 0 aliphatic heterocycles. The second-order valence-electron chi connectivity index (χ2n) is 4.65. The predicted molar refractivity (Wildman–Crippen MR) is 63.2 cm³/mol. The molecule has 0 aromatic carbocycles. The molecule has 0 aliphatic carbocycles. The quantitative estimate of drug-likeness (QED) is 0.659. The van der Waals surface area contributed by atoms with Crippen LogP contribution in [0.25, 0.3) is 0 Å². The molecule has 1 aromatic rings. The van der Waals surface area contributed by atoms with Crippen LogP contribution in [-0.4, -0.2) is 27.7 Å². The van der Waals surface area contributed by atoms with Gasteiger partial charge in [0.2, 0.25) is 11.8 Å². The maximum Gasteiger partial charge on any atom is 0.316 e. The van der Waals surface area contributed by atoms with Gasteiger partial charge >= 0.3 is 6.01 Å². The van der Waals surface area contributed by atoms with Crippen LogP contribution in [0.5, 0.6) is 0 Å². The van der Waals surface area contributed by atoms with Crippen LogP contribution in [0.1, 0.15) is 33.6 Å². The van der Waals surface area contributed by atoms with Crippen molar-refractivity contribution in [2.75, 3.05) is 5.32 Å². The van der Waals surface area contributed by atoms with E-state index in [2.05, 4.69) is 20.8 Å². The lowest BCUT2D eigenvalue weighted by atomic mass is 10.1. The Labute approximate surface area is 100 Å². The number of nitrogens with zero attached hydrogens (tertiary/aromatic N) is 2. The summed E-state index contributed by atoms with van der Waals surface area (Å²) in [7, 11) is 0. The average molecular weight is 241 g/mol. The van der Waals surface area contributed by atoms with E-state index < -0.39 is 11.4 Å². The van der Waals surface area contributed by atoms with E-state index in [1.54, 1.807) is 13.8 Å². The standard InChI is InChI=1S/C10H19N5O2/c1-6(2)12-5-7-14-15-9(17-7)13-10(3,4)8(11)16/h6,12H,5H2,1-4H3,(H2,11,16)(H,13,15). The van der Waals surface area contributed by atoms with Crippen molar-refractivity contribution in [1.29, 1.82) is 0 Å². The van der Waals surface area contributed by atoms with Gasteiger partial charge in [-0.25, -0.2) is 0 Å². The zero-order valence-electron chi connectivity index (χ0n) is 10.6. The van der Waals surface area contributed by atoms with Gasteiger partial charge in [-0.15, -0.1) is 5.10 Å². The molecular weight excluding hydrogens is 222 g/mol. The van der Waals surface area contributed by atoms with Crippen LogP contribution in [-0.2, 0) is 11.3 Å². The van der Waals surface area contributed by atoms with E-state index in [0.29, 0.717) is 18.5 Å². The molecule has 0 atom stereocenters. The third-order valence-corrected chi connectivity index (χ3v) is 2.16. The summed E-state index contributed by atoms with van der Waals surface area (Å²) < 4.78 is 5.32. The molecule has 1 heterocycles. The highest BCUT2D eigenvalue weighted by molar-refractivity contribution is 5.86. The second kappa shape index (κ2) is 5.13. The van der Waals surface area contributed by atoms with Crippen molar-refractivity contribution in [3.63, 3.8) is 0 Å². The van der Waals surface area contributed by atoms with E-state index in [9.17, 15) is 4.79 Å². The number of carbonyl (C=O) groups excluding carboxylic acids is 1. The fourth-order valence-electron chi connectivity index (χ4n) is 0.996. The van der Waals surface area contributed by atoms with Gasteiger partial charge in [-0.2, -0.15) is 0 Å². The first-order valence-corrected chi connectivity index (χ1v) is 5.45. The van der Waals surface area contributed by atoms with Crippen molar-refractivity contribution in [3.05, 3.63) is 5.89 Å². The lowest BCUT2D eigenvalue weighted by Gasteiger charge is -2.20. The molecule has 4 N–H and O–H groups in total. The van der Waals surface area contributed by atoms with Crippen LogP contribution in [0.2, 0.25) is 0 Å². The lowest BCUT2D eigenvalue weighted by molar-refractivity contribution is -0.121. The Morgan fingerprint density at radius 3 is 2.65 bits per heavy atom. The molecule has 0 bridgehead atoms. The highest BCUT2D eigenvalue weighted by Gasteiger charge is 2.26. The maximum absolute atomic E-state index is 11.1. The molecule has 0 saturated heterocycles. The molecule has 1 rings (SSSR count). The van der Waals surface area contributed by atoms with Gasteiger partial charge in [0.15, 0.2) is 0 Å². The topological polar surface area (TPSA) is 106 Å². The number of amides is 1. The molecule has 0 spiro atoms. The van der Waals surface area contributed by atoms with E-state index >= 15 is 0 Å². The summed E-state index contributed by atoms with van der Waals surface area (Å²) >= 11 is 0. The van der Waals surface area contributed by atoms with E-state index in [1.165, 1.54) is 0 Å². The van der Waals surface area contributed by atoms with Crippen molar-refractivity contribution >= 4 is 11.9 Å². The molecule has 96 valence electrons. The van der Waals surface area contributed by atoms with Crippen LogP contribution >= 0.6 is 0 Å². The molecule has 1 amide bonds. The summed E-state index contributed by atoms with van der Waals surface area (Å²) in [5.41, 5.74) is 4.30. The van der Waals surface area contributed by atoms with Crippen LogP contribution in [0.15, 0.2) is 4.42 Å². The molecule has 0 unspecified atom stereocenters. The summed E-state index contributed by atoms with van der Waals surface area (Å²) in [6, 6.07) is 0.523. The normalized spacial score (nSPS) is 11.8. The molecule has 17 heavy (non-hydrogen) atoms. The number of primary amides is 1. The van der Waals surface area contributed by atoms with Crippen LogP contribution in [0, 0.1) is 0 Å². The average Bonchev–Trinajstić information content (AvgIpc) is 2.61. The van der Waals surface area contributed by atoms with Crippen molar-refractivity contribution in [1.82, 2.24) is 15.5 Å². The van der Waals surface area contributed by atoms with Gasteiger partial charge in [0.1, 0.15) is 5.54 Å². The number of rotatable bonds is 6. The minimum atomic E-state index is -0.921. The van der Waals surface area contributed by atoms with Crippen LogP contribution in [0.4, 0.5) is 6.01 Å². The number of hydrogen-bond donors (Lipinski definition) is 3. The number of nitrogens with two attached hydrogens (primary N) is 1. The van der Waals surface area contributed by atoms with Crippen molar-refractivity contribution in [2.24, 2.45) is 5.73 Å². The summed E-state index contributed by atoms with van der Waals surface area (Å²) in [6.45, 7) is 7.82. The Morgan fingerprint density at radius 2 is 2.12 bits per heavy atom. The summed E-state index contributed by atoms with van der Waals surface area (Å²) in [5, 5.41) is 13.6. The summed E-state index contributed by atoms with van der Waals surface area (Å²) in [4.78, 5) is 11.1. The number of carbonyl (C=O) groups is 1. The number of hydrogen-bond acceptors (Lipinski definition) is 6. The fraction of sp³-hybridized carbons (Fsp3) is 0.700. The van der Waals surface area contributed by atoms with Crippen LogP contribution in [0.3, 0.4) is 0 Å². The predicted octanol–water partition coefficient (Wildman–Crippen LogP) is 0.243. The largest absolute Gasteiger partial charge is 0.407 e. The number of anilines is 1. The molecule has 0 aliphatic rings. The third-order valence-electron chi connectivity index (χ3n) is 2.16. The molecule has 7 nitrogen and oxygen atoms in total. The van der Waals surface area contributed by atoms with Crippen molar-refractivity contribution < 1.29 is 9.21 Å². The summed E-state index contributed by atoms with van der Waals surface area (Å²) in [5.74, 6) is -0.0287. The number of aromatic nitrogens is 2. The first-order chi connectivity index (χ1) is 7.81. The fourth-order valence-corrected chi connectivity index (χ4v) is 0.996. The summed E-state index contributed by atoms with van der Waals surface area (Å²) in [6.07, 6.45) is 0. The van der Waals surface area contributed by atoms with Gasteiger partial charge in [-0.1, -0.05) is 18.9 Å². The van der Waals surface area contributed by atoms with Crippen molar-refractivity contribution in [3.8, 4) is 0 Å². The Balaban J connectivity index is 2.60. The van der Waals surface area contributed by atoms with Gasteiger partial charge in [0, 0.05) is 6.04 Å². The lowest BCUT2D eigenvalue weighted by Crippen LogP contribution is -2.45. The Kier molecular flexibility index (Phi) is 4.06. The van der Waals surface area contributed by atoms with Crippen LogP contribution < -0.4 is 16.4 Å². The van der Waals surface area contributed by atoms with Gasteiger partial charge in [0.25, 0.3) is 0 Å². The Morgan fingerprint density at radius 1 is 1.47 bits per heavy atom. The molecular formula is C10H19N5O2. The SMILES string of the molecule is CC(C)NCc1nnc(NC(C)(C)C(N)=O)o1. The molecule has 0 radical (unpaired) electrons. The van der Waals surface area contributed by atoms with Gasteiger partial charge < -0.3 is 20.8 Å². The zero-order valence-corrected chi connectivity index (χ0v) is 10.6. The zero-order chi connectivity index (χ0) is 13.1. The van der Waals surface area contributed by atoms with Gasteiger partial charge in [0.05, 0.1) is 6.54 Å². The highest BCUT2D eigenvalue weighted by Crippen LogP contribution is 2.13. The number of nitrogens with one attached hydrogen (secondary N) is 2. The van der Waals surface area contributed by atoms with Gasteiger partial charge in [-0.3, -0.25) is 4.79 Å². The maximum atomic E-state index is 11.1. The monoisotopic (exact) mass is 241 g/mol. The van der Waals surface area contributed by atoms with E-state index in [0.717, 1.165) is 0 Å². The minimum absolute atomic E-state index is 0.189. The second-order valence-corrected chi connectivity index (χ2v) is 4.65.